The molecular weight excluding hydrogens is 402 g/mol. The van der Waals surface area contributed by atoms with Crippen LogP contribution in [0.4, 0.5) is 5.69 Å². The second-order valence-corrected chi connectivity index (χ2v) is 8.47. The van der Waals surface area contributed by atoms with Crippen molar-refractivity contribution in [2.75, 3.05) is 18.0 Å². The van der Waals surface area contributed by atoms with Crippen molar-refractivity contribution in [1.82, 2.24) is 19.7 Å². The van der Waals surface area contributed by atoms with E-state index in [2.05, 4.69) is 5.32 Å². The average molecular weight is 424 g/mol. The van der Waals surface area contributed by atoms with E-state index in [0.717, 1.165) is 29.9 Å². The molecule has 2 aromatic heterocycles. The first-order chi connectivity index (χ1) is 14.4. The molecule has 0 saturated carbocycles. The lowest BCUT2D eigenvalue weighted by molar-refractivity contribution is 0.0986. The summed E-state index contributed by atoms with van der Waals surface area (Å²) in [6.07, 6.45) is 1.71. The summed E-state index contributed by atoms with van der Waals surface area (Å²) < 4.78 is 3.49. The van der Waals surface area contributed by atoms with Crippen LogP contribution in [0.1, 0.15) is 45.0 Å². The first-order valence-electron chi connectivity index (χ1n) is 9.93. The minimum absolute atomic E-state index is 0.0787. The fourth-order valence-corrected chi connectivity index (χ4v) is 4.52. The van der Waals surface area contributed by atoms with Gasteiger partial charge in [-0.2, -0.15) is 5.10 Å². The number of aromatic nitrogens is 3. The molecule has 7 nitrogen and oxygen atoms in total. The number of amides is 1. The molecule has 2 aliphatic rings. The van der Waals surface area contributed by atoms with Crippen molar-refractivity contribution in [2.24, 2.45) is 7.05 Å². The van der Waals surface area contributed by atoms with Crippen LogP contribution in [0.3, 0.4) is 0 Å². The van der Waals surface area contributed by atoms with Crippen LogP contribution in [0.25, 0.3) is 0 Å². The number of hydrogen-bond donors (Lipinski definition) is 1. The standard InChI is InChI=1S/C22H22ClN5O2/c1-12-8-16(11-26(3)21(12)29)27-20(14-4-6-15(23)7-5-14)18-13(2)28(17-9-24-10-17)25-19(18)22(27)30/h4-8,11,17,20,24H,9-10H2,1-3H3. The molecule has 0 bridgehead atoms. The van der Waals surface area contributed by atoms with E-state index in [4.69, 9.17) is 16.7 Å². The lowest BCUT2D eigenvalue weighted by atomic mass is 9.98. The Kier molecular flexibility index (Phi) is 4.34. The molecule has 8 heteroatoms. The Bertz CT molecular complexity index is 1200. The molecule has 0 radical (unpaired) electrons. The van der Waals surface area contributed by atoms with Crippen molar-refractivity contribution in [3.63, 3.8) is 0 Å². The van der Waals surface area contributed by atoms with Crippen LogP contribution in [0.2, 0.25) is 5.02 Å². The molecule has 30 heavy (non-hydrogen) atoms. The molecule has 0 aliphatic carbocycles. The molecule has 1 atom stereocenters. The Balaban J connectivity index is 1.71. The van der Waals surface area contributed by atoms with Crippen molar-refractivity contribution in [3.8, 4) is 0 Å². The first kappa shape index (κ1) is 19.1. The molecule has 1 amide bonds. The quantitative estimate of drug-likeness (QED) is 0.703. The van der Waals surface area contributed by atoms with Gasteiger partial charge in [0.1, 0.15) is 0 Å². The highest BCUT2D eigenvalue weighted by Gasteiger charge is 2.44. The van der Waals surface area contributed by atoms with E-state index in [9.17, 15) is 9.59 Å². The van der Waals surface area contributed by atoms with Gasteiger partial charge < -0.3 is 9.88 Å². The van der Waals surface area contributed by atoms with Gasteiger partial charge in [-0.25, -0.2) is 0 Å². The van der Waals surface area contributed by atoms with Crippen LogP contribution in [0, 0.1) is 13.8 Å². The number of halogens is 1. The van der Waals surface area contributed by atoms with Crippen LogP contribution in [-0.4, -0.2) is 33.3 Å². The number of carbonyl (C=O) groups excluding carboxylic acids is 1. The zero-order chi connectivity index (χ0) is 21.2. The molecule has 154 valence electrons. The minimum atomic E-state index is -0.330. The molecule has 1 saturated heterocycles. The highest BCUT2D eigenvalue weighted by Crippen LogP contribution is 2.43. The fourth-order valence-electron chi connectivity index (χ4n) is 4.39. The van der Waals surface area contributed by atoms with Crippen LogP contribution in [0.15, 0.2) is 41.3 Å². The van der Waals surface area contributed by atoms with E-state index >= 15 is 0 Å². The Labute approximate surface area is 178 Å². The molecular formula is C22H22ClN5O2. The number of rotatable bonds is 3. The Hall–Kier alpha value is -2.90. The highest BCUT2D eigenvalue weighted by atomic mass is 35.5. The molecule has 1 N–H and O–H groups in total. The summed E-state index contributed by atoms with van der Waals surface area (Å²) in [5.74, 6) is -0.155. The van der Waals surface area contributed by atoms with Crippen molar-refractivity contribution in [2.45, 2.75) is 25.9 Å². The fraction of sp³-hybridized carbons (Fsp3) is 0.318. The van der Waals surface area contributed by atoms with Crippen molar-refractivity contribution < 1.29 is 4.79 Å². The third-order valence-corrected chi connectivity index (χ3v) is 6.32. The van der Waals surface area contributed by atoms with Gasteiger partial charge in [0, 0.05) is 48.2 Å². The van der Waals surface area contributed by atoms with Gasteiger partial charge in [-0.3, -0.25) is 19.2 Å². The van der Waals surface area contributed by atoms with Crippen LogP contribution >= 0.6 is 11.6 Å². The SMILES string of the molecule is Cc1cc(N2C(=O)c3nn(C4CNC4)c(C)c3C2c2ccc(Cl)cc2)cn(C)c1=O. The number of benzene rings is 1. The molecule has 0 spiro atoms. The Morgan fingerprint density at radius 2 is 1.83 bits per heavy atom. The van der Waals surface area contributed by atoms with Gasteiger partial charge in [-0.05, 0) is 37.6 Å². The molecule has 1 unspecified atom stereocenters. The first-order valence-corrected chi connectivity index (χ1v) is 10.3. The topological polar surface area (TPSA) is 72.2 Å². The van der Waals surface area contributed by atoms with Gasteiger partial charge in [0.05, 0.1) is 17.8 Å². The summed E-state index contributed by atoms with van der Waals surface area (Å²) in [5, 5.41) is 8.62. The highest BCUT2D eigenvalue weighted by molar-refractivity contribution is 6.30. The maximum absolute atomic E-state index is 13.6. The smallest absolute Gasteiger partial charge is 0.280 e. The summed E-state index contributed by atoms with van der Waals surface area (Å²) in [4.78, 5) is 27.5. The van der Waals surface area contributed by atoms with Crippen LogP contribution in [-0.2, 0) is 7.05 Å². The van der Waals surface area contributed by atoms with E-state index in [1.807, 2.05) is 35.9 Å². The zero-order valence-corrected chi connectivity index (χ0v) is 17.8. The van der Waals surface area contributed by atoms with Crippen molar-refractivity contribution >= 4 is 23.2 Å². The molecule has 1 aromatic carbocycles. The summed E-state index contributed by atoms with van der Waals surface area (Å²) in [6, 6.07) is 9.26. The number of pyridine rings is 1. The van der Waals surface area contributed by atoms with Crippen molar-refractivity contribution in [3.05, 3.63) is 80.0 Å². The van der Waals surface area contributed by atoms with Crippen molar-refractivity contribution in [1.29, 1.82) is 0 Å². The summed E-state index contributed by atoms with van der Waals surface area (Å²) in [5.41, 5.74) is 4.52. The average Bonchev–Trinajstić information content (AvgIpc) is 3.14. The van der Waals surface area contributed by atoms with E-state index in [0.29, 0.717) is 22.0 Å². The number of carbonyl (C=O) groups is 1. The summed E-state index contributed by atoms with van der Waals surface area (Å²) in [6.45, 7) is 5.49. The predicted molar refractivity (Wildman–Crippen MR) is 115 cm³/mol. The van der Waals surface area contributed by atoms with E-state index in [-0.39, 0.29) is 23.6 Å². The second kappa shape index (κ2) is 6.82. The molecule has 2 aliphatic heterocycles. The second-order valence-electron chi connectivity index (χ2n) is 8.03. The predicted octanol–water partition coefficient (Wildman–Crippen LogP) is 2.75. The van der Waals surface area contributed by atoms with Gasteiger partial charge in [0.2, 0.25) is 0 Å². The largest absolute Gasteiger partial charge is 0.316 e. The number of hydrogen-bond acceptors (Lipinski definition) is 4. The van der Waals surface area contributed by atoms with Gasteiger partial charge in [0.15, 0.2) is 5.69 Å². The lowest BCUT2D eigenvalue weighted by Crippen LogP contribution is -2.44. The minimum Gasteiger partial charge on any atom is -0.316 e. The number of aryl methyl sites for hydroxylation is 2. The summed E-state index contributed by atoms with van der Waals surface area (Å²) in [7, 11) is 1.70. The van der Waals surface area contributed by atoms with Gasteiger partial charge in [-0.15, -0.1) is 0 Å². The lowest BCUT2D eigenvalue weighted by Gasteiger charge is -2.31. The van der Waals surface area contributed by atoms with Crippen LogP contribution in [0.5, 0.6) is 0 Å². The molecule has 5 rings (SSSR count). The number of nitrogens with zero attached hydrogens (tertiary/aromatic N) is 4. The summed E-state index contributed by atoms with van der Waals surface area (Å²) >= 11 is 6.12. The third kappa shape index (κ3) is 2.73. The van der Waals surface area contributed by atoms with Gasteiger partial charge in [-0.1, -0.05) is 23.7 Å². The van der Waals surface area contributed by atoms with Gasteiger partial charge in [0.25, 0.3) is 11.5 Å². The number of anilines is 1. The number of nitrogens with one attached hydrogen (secondary N) is 1. The molecule has 3 aromatic rings. The number of fused-ring (bicyclic) bond motifs is 1. The van der Waals surface area contributed by atoms with E-state index < -0.39 is 0 Å². The van der Waals surface area contributed by atoms with Gasteiger partial charge >= 0.3 is 0 Å². The van der Waals surface area contributed by atoms with E-state index in [1.54, 1.807) is 31.1 Å². The van der Waals surface area contributed by atoms with E-state index in [1.165, 1.54) is 4.57 Å². The van der Waals surface area contributed by atoms with Crippen LogP contribution < -0.4 is 15.8 Å². The zero-order valence-electron chi connectivity index (χ0n) is 17.0. The molecule has 4 heterocycles. The molecule has 1 fully saturated rings. The monoisotopic (exact) mass is 423 g/mol. The maximum atomic E-state index is 13.6. The third-order valence-electron chi connectivity index (χ3n) is 6.07. The Morgan fingerprint density at radius 1 is 1.13 bits per heavy atom. The Morgan fingerprint density at radius 3 is 2.43 bits per heavy atom. The normalized spacial score (nSPS) is 18.6. The maximum Gasteiger partial charge on any atom is 0.280 e.